The quantitative estimate of drug-likeness (QED) is 0.616. The molecule has 0 fully saturated rings. The fraction of sp³-hybridized carbons (Fsp3) is 0.429. The minimum absolute atomic E-state index is 0.296. The highest BCUT2D eigenvalue weighted by molar-refractivity contribution is 5.75. The number of ether oxygens (including phenoxy) is 1. The Labute approximate surface area is 70.3 Å². The van der Waals surface area contributed by atoms with Crippen LogP contribution in [0.2, 0.25) is 0 Å². The van der Waals surface area contributed by atoms with E-state index in [1.807, 2.05) is 0 Å². The Balaban J connectivity index is 0. The van der Waals surface area contributed by atoms with Gasteiger partial charge in [0.25, 0.3) is 0 Å². The molecule has 0 aromatic rings. The standard InChI is InChI=1S/C4H6O4.C3H6O/c5-3(6)1-2-4(7)8;1-3-4-2/h1-2H2,(H,5,6)(H,7,8);3H,1H2,2H3. The van der Waals surface area contributed by atoms with Crippen LogP contribution in [0.5, 0.6) is 0 Å². The average Bonchev–Trinajstić information content (AvgIpc) is 2.01. The Bertz CT molecular complexity index is 138. The molecule has 0 radical (unpaired) electrons. The maximum Gasteiger partial charge on any atom is 0.303 e. The Hall–Kier alpha value is -1.52. The summed E-state index contributed by atoms with van der Waals surface area (Å²) < 4.78 is 4.31. The van der Waals surface area contributed by atoms with Crippen molar-refractivity contribution in [2.75, 3.05) is 7.11 Å². The van der Waals surface area contributed by atoms with Crippen molar-refractivity contribution in [3.8, 4) is 0 Å². The first-order valence-electron chi connectivity index (χ1n) is 3.11. The van der Waals surface area contributed by atoms with Gasteiger partial charge in [0, 0.05) is 0 Å². The minimum Gasteiger partial charge on any atom is -0.505 e. The Morgan fingerprint density at radius 1 is 1.33 bits per heavy atom. The second-order valence-corrected chi connectivity index (χ2v) is 1.69. The average molecular weight is 176 g/mol. The van der Waals surface area contributed by atoms with Gasteiger partial charge in [-0.25, -0.2) is 0 Å². The Kier molecular flexibility index (Phi) is 10.3. The summed E-state index contributed by atoms with van der Waals surface area (Å²) in [5.41, 5.74) is 0. The maximum atomic E-state index is 9.64. The molecule has 0 aromatic carbocycles. The molecule has 0 spiro atoms. The van der Waals surface area contributed by atoms with Gasteiger partial charge in [0.2, 0.25) is 0 Å². The van der Waals surface area contributed by atoms with E-state index in [1.165, 1.54) is 6.26 Å². The first kappa shape index (κ1) is 13.1. The lowest BCUT2D eigenvalue weighted by Gasteiger charge is -1.85. The normalized spacial score (nSPS) is 7.42. The fourth-order valence-electron chi connectivity index (χ4n) is 0.214. The second kappa shape index (κ2) is 9.48. The van der Waals surface area contributed by atoms with Gasteiger partial charge in [-0.1, -0.05) is 6.58 Å². The van der Waals surface area contributed by atoms with Crippen molar-refractivity contribution in [2.24, 2.45) is 0 Å². The first-order chi connectivity index (χ1) is 5.54. The van der Waals surface area contributed by atoms with Gasteiger partial charge in [-0.2, -0.15) is 0 Å². The summed E-state index contributed by atoms with van der Waals surface area (Å²) in [6, 6.07) is 0. The van der Waals surface area contributed by atoms with Crippen molar-refractivity contribution >= 4 is 11.9 Å². The molecule has 0 aliphatic rings. The van der Waals surface area contributed by atoms with E-state index in [4.69, 9.17) is 10.2 Å². The van der Waals surface area contributed by atoms with Crippen LogP contribution in [-0.4, -0.2) is 29.3 Å². The number of carboxylic acid groups (broad SMARTS) is 2. The van der Waals surface area contributed by atoms with E-state index < -0.39 is 11.9 Å². The van der Waals surface area contributed by atoms with E-state index in [0.29, 0.717) is 0 Å². The third-order valence-corrected chi connectivity index (χ3v) is 0.719. The zero-order chi connectivity index (χ0) is 9.98. The van der Waals surface area contributed by atoms with Crippen LogP contribution in [0, 0.1) is 0 Å². The SMILES string of the molecule is C=COC.O=C(O)CCC(=O)O. The van der Waals surface area contributed by atoms with Crippen molar-refractivity contribution < 1.29 is 24.5 Å². The molecule has 0 aliphatic heterocycles. The third-order valence-electron chi connectivity index (χ3n) is 0.719. The molecule has 0 aliphatic carbocycles. The second-order valence-electron chi connectivity index (χ2n) is 1.69. The van der Waals surface area contributed by atoms with Crippen molar-refractivity contribution in [2.45, 2.75) is 12.8 Å². The molecule has 0 heterocycles. The van der Waals surface area contributed by atoms with Crippen molar-refractivity contribution in [1.82, 2.24) is 0 Å². The highest BCUT2D eigenvalue weighted by Crippen LogP contribution is 1.86. The lowest BCUT2D eigenvalue weighted by Crippen LogP contribution is -2.00. The molecule has 12 heavy (non-hydrogen) atoms. The molecule has 0 atom stereocenters. The molecule has 0 amide bonds. The number of aliphatic carboxylic acids is 2. The van der Waals surface area contributed by atoms with Gasteiger partial charge >= 0.3 is 11.9 Å². The van der Waals surface area contributed by atoms with E-state index in [-0.39, 0.29) is 12.8 Å². The van der Waals surface area contributed by atoms with Crippen LogP contribution in [-0.2, 0) is 14.3 Å². The van der Waals surface area contributed by atoms with E-state index in [0.717, 1.165) is 0 Å². The van der Waals surface area contributed by atoms with Gasteiger partial charge < -0.3 is 14.9 Å². The molecule has 5 heteroatoms. The van der Waals surface area contributed by atoms with Crippen LogP contribution in [0.25, 0.3) is 0 Å². The number of hydrogen-bond acceptors (Lipinski definition) is 3. The van der Waals surface area contributed by atoms with Gasteiger partial charge in [-0.15, -0.1) is 0 Å². The summed E-state index contributed by atoms with van der Waals surface area (Å²) in [6.07, 6.45) is 0.782. The first-order valence-corrected chi connectivity index (χ1v) is 3.11. The molecule has 0 saturated carbocycles. The van der Waals surface area contributed by atoms with Gasteiger partial charge in [0.15, 0.2) is 0 Å². The van der Waals surface area contributed by atoms with Crippen LogP contribution in [0.4, 0.5) is 0 Å². The zero-order valence-electron chi connectivity index (χ0n) is 6.82. The van der Waals surface area contributed by atoms with Crippen LogP contribution < -0.4 is 0 Å². The summed E-state index contributed by atoms with van der Waals surface area (Å²) in [5.74, 6) is -2.15. The molecule has 0 saturated heterocycles. The molecule has 0 unspecified atom stereocenters. The molecule has 70 valence electrons. The van der Waals surface area contributed by atoms with Crippen molar-refractivity contribution in [1.29, 1.82) is 0 Å². The maximum absolute atomic E-state index is 9.64. The lowest BCUT2D eigenvalue weighted by molar-refractivity contribution is -0.143. The van der Waals surface area contributed by atoms with Gasteiger partial charge in [-0.05, 0) is 0 Å². The molecular weight excluding hydrogens is 164 g/mol. The van der Waals surface area contributed by atoms with Gasteiger partial charge in [0.05, 0.1) is 26.2 Å². The molecule has 5 nitrogen and oxygen atoms in total. The number of methoxy groups -OCH3 is 1. The predicted molar refractivity (Wildman–Crippen MR) is 41.7 cm³/mol. The van der Waals surface area contributed by atoms with E-state index in [9.17, 15) is 9.59 Å². The molecule has 2 N–H and O–H groups in total. The molecule has 0 aromatic heterocycles. The van der Waals surface area contributed by atoms with E-state index in [1.54, 1.807) is 7.11 Å². The fourth-order valence-corrected chi connectivity index (χ4v) is 0.214. The number of carbonyl (C=O) groups is 2. The summed E-state index contributed by atoms with van der Waals surface area (Å²) in [6.45, 7) is 3.26. The lowest BCUT2D eigenvalue weighted by atomic mass is 10.3. The number of hydrogen-bond donors (Lipinski definition) is 2. The van der Waals surface area contributed by atoms with Crippen LogP contribution in [0.15, 0.2) is 12.8 Å². The smallest absolute Gasteiger partial charge is 0.303 e. The summed E-state index contributed by atoms with van der Waals surface area (Å²) in [7, 11) is 1.56. The molecular formula is C7H12O5. The predicted octanol–water partition coefficient (Wildman–Crippen LogP) is 0.712. The van der Waals surface area contributed by atoms with Gasteiger partial charge in [0.1, 0.15) is 0 Å². The minimum atomic E-state index is -1.08. The molecule has 0 rings (SSSR count). The Morgan fingerprint density at radius 3 is 1.67 bits per heavy atom. The van der Waals surface area contributed by atoms with Gasteiger partial charge in [-0.3, -0.25) is 9.59 Å². The monoisotopic (exact) mass is 176 g/mol. The highest BCUT2D eigenvalue weighted by Gasteiger charge is 2.00. The highest BCUT2D eigenvalue weighted by atomic mass is 16.5. The largest absolute Gasteiger partial charge is 0.505 e. The van der Waals surface area contributed by atoms with E-state index in [2.05, 4.69) is 11.3 Å². The zero-order valence-corrected chi connectivity index (χ0v) is 6.82. The summed E-state index contributed by atoms with van der Waals surface area (Å²) >= 11 is 0. The van der Waals surface area contributed by atoms with E-state index >= 15 is 0 Å². The van der Waals surface area contributed by atoms with Crippen LogP contribution in [0.1, 0.15) is 12.8 Å². The van der Waals surface area contributed by atoms with Crippen molar-refractivity contribution in [3.63, 3.8) is 0 Å². The third kappa shape index (κ3) is 23.6. The van der Waals surface area contributed by atoms with Crippen LogP contribution >= 0.6 is 0 Å². The molecule has 0 bridgehead atoms. The summed E-state index contributed by atoms with van der Waals surface area (Å²) in [4.78, 5) is 19.3. The number of carboxylic acids is 2. The topological polar surface area (TPSA) is 83.8 Å². The van der Waals surface area contributed by atoms with Crippen LogP contribution in [0.3, 0.4) is 0 Å². The van der Waals surface area contributed by atoms with Crippen molar-refractivity contribution in [3.05, 3.63) is 12.8 Å². The summed E-state index contributed by atoms with van der Waals surface area (Å²) in [5, 5.41) is 15.8. The number of rotatable bonds is 4. The Morgan fingerprint density at radius 2 is 1.58 bits per heavy atom.